The lowest BCUT2D eigenvalue weighted by Gasteiger charge is -2.11. The maximum atomic E-state index is 14.0. The maximum absolute atomic E-state index is 14.0. The standard InChI is InChI=1S/C13H8ClF3N2O2/c1-4-2-7(16)5(3-6(4)15)11-9(17)10(18)8(14)12(19-11)13(20)21/h2-3H,1H3,(H2,18,19)(H,20,21). The number of nitrogens with two attached hydrogens (primary N) is 1. The number of pyridine rings is 1. The number of aryl methyl sites for hydroxylation is 1. The molecule has 0 atom stereocenters. The van der Waals surface area contributed by atoms with Crippen LogP contribution in [-0.2, 0) is 0 Å². The van der Waals surface area contributed by atoms with Crippen molar-refractivity contribution in [3.63, 3.8) is 0 Å². The number of carbonyl (C=O) groups is 1. The summed E-state index contributed by atoms with van der Waals surface area (Å²) in [6.07, 6.45) is 0. The minimum Gasteiger partial charge on any atom is -0.476 e. The third-order valence-electron chi connectivity index (χ3n) is 2.82. The highest BCUT2D eigenvalue weighted by molar-refractivity contribution is 6.35. The minimum absolute atomic E-state index is 0.0112. The van der Waals surface area contributed by atoms with E-state index in [0.29, 0.717) is 0 Å². The van der Waals surface area contributed by atoms with Crippen molar-refractivity contribution in [1.82, 2.24) is 4.98 Å². The summed E-state index contributed by atoms with van der Waals surface area (Å²) < 4.78 is 41.4. The topological polar surface area (TPSA) is 76.2 Å². The molecule has 2 rings (SSSR count). The van der Waals surface area contributed by atoms with Crippen LogP contribution in [0.1, 0.15) is 16.1 Å². The van der Waals surface area contributed by atoms with Crippen molar-refractivity contribution in [2.75, 3.05) is 5.73 Å². The van der Waals surface area contributed by atoms with Crippen LogP contribution in [0.15, 0.2) is 12.1 Å². The number of hydrogen-bond donors (Lipinski definition) is 2. The number of hydrogen-bond acceptors (Lipinski definition) is 3. The second-order valence-electron chi connectivity index (χ2n) is 4.24. The molecule has 4 nitrogen and oxygen atoms in total. The summed E-state index contributed by atoms with van der Waals surface area (Å²) in [6.45, 7) is 1.32. The van der Waals surface area contributed by atoms with E-state index < -0.39 is 51.1 Å². The monoisotopic (exact) mass is 316 g/mol. The Morgan fingerprint density at radius 3 is 2.48 bits per heavy atom. The summed E-state index contributed by atoms with van der Waals surface area (Å²) in [5, 5.41) is 8.33. The normalized spacial score (nSPS) is 10.7. The number of nitrogens with zero attached hydrogens (tertiary/aromatic N) is 1. The number of rotatable bonds is 2. The van der Waals surface area contributed by atoms with Crippen molar-refractivity contribution >= 4 is 23.3 Å². The van der Waals surface area contributed by atoms with Gasteiger partial charge in [0.2, 0.25) is 0 Å². The van der Waals surface area contributed by atoms with Crippen LogP contribution in [0.4, 0.5) is 18.9 Å². The first-order chi connectivity index (χ1) is 9.73. The Balaban J connectivity index is 2.81. The molecule has 0 aliphatic carbocycles. The third-order valence-corrected chi connectivity index (χ3v) is 3.20. The molecular formula is C13H8ClF3N2O2. The van der Waals surface area contributed by atoms with Gasteiger partial charge in [-0.1, -0.05) is 11.6 Å². The third kappa shape index (κ3) is 2.52. The van der Waals surface area contributed by atoms with Gasteiger partial charge in [-0.15, -0.1) is 0 Å². The molecule has 0 radical (unpaired) electrons. The van der Waals surface area contributed by atoms with E-state index in [0.717, 1.165) is 12.1 Å². The summed E-state index contributed by atoms with van der Waals surface area (Å²) >= 11 is 5.57. The quantitative estimate of drug-likeness (QED) is 0.890. The van der Waals surface area contributed by atoms with E-state index in [2.05, 4.69) is 4.98 Å². The maximum Gasteiger partial charge on any atom is 0.356 e. The molecule has 0 aliphatic rings. The molecule has 0 spiro atoms. The highest BCUT2D eigenvalue weighted by atomic mass is 35.5. The van der Waals surface area contributed by atoms with Crippen molar-refractivity contribution in [2.45, 2.75) is 6.92 Å². The van der Waals surface area contributed by atoms with E-state index in [1.165, 1.54) is 6.92 Å². The van der Waals surface area contributed by atoms with Crippen LogP contribution in [0, 0.1) is 24.4 Å². The molecular weight excluding hydrogens is 309 g/mol. The molecule has 1 heterocycles. The number of carboxylic acids is 1. The number of anilines is 1. The van der Waals surface area contributed by atoms with E-state index in [-0.39, 0.29) is 5.56 Å². The fraction of sp³-hybridized carbons (Fsp3) is 0.0769. The van der Waals surface area contributed by atoms with Gasteiger partial charge in [0.05, 0.1) is 10.7 Å². The first-order valence-electron chi connectivity index (χ1n) is 5.57. The molecule has 0 saturated heterocycles. The van der Waals surface area contributed by atoms with Crippen molar-refractivity contribution in [2.24, 2.45) is 0 Å². The predicted octanol–water partition coefficient (Wildman–Crippen LogP) is 3.41. The Kier molecular flexibility index (Phi) is 3.78. The van der Waals surface area contributed by atoms with Gasteiger partial charge in [-0.2, -0.15) is 0 Å². The molecule has 1 aromatic heterocycles. The van der Waals surface area contributed by atoms with Gasteiger partial charge in [0.25, 0.3) is 0 Å². The van der Waals surface area contributed by atoms with Crippen molar-refractivity contribution < 1.29 is 23.1 Å². The Labute approximate surface area is 122 Å². The van der Waals surface area contributed by atoms with Gasteiger partial charge in [0.1, 0.15) is 17.3 Å². The van der Waals surface area contributed by atoms with Crippen molar-refractivity contribution in [3.05, 3.63) is 45.9 Å². The molecule has 0 fully saturated rings. The predicted molar refractivity (Wildman–Crippen MR) is 70.7 cm³/mol. The van der Waals surface area contributed by atoms with Gasteiger partial charge >= 0.3 is 5.97 Å². The number of nitrogen functional groups attached to an aromatic ring is 1. The lowest BCUT2D eigenvalue weighted by Crippen LogP contribution is -2.09. The second-order valence-corrected chi connectivity index (χ2v) is 4.62. The molecule has 3 N–H and O–H groups in total. The summed E-state index contributed by atoms with van der Waals surface area (Å²) in [7, 11) is 0. The zero-order valence-corrected chi connectivity index (χ0v) is 11.3. The van der Waals surface area contributed by atoms with Crippen LogP contribution < -0.4 is 5.73 Å². The van der Waals surface area contributed by atoms with Crippen LogP contribution in [-0.4, -0.2) is 16.1 Å². The summed E-state index contributed by atoms with van der Waals surface area (Å²) in [5.74, 6) is -4.54. The van der Waals surface area contributed by atoms with Gasteiger partial charge in [0, 0.05) is 5.56 Å². The Morgan fingerprint density at radius 1 is 1.29 bits per heavy atom. The van der Waals surface area contributed by atoms with Crippen LogP contribution in [0.25, 0.3) is 11.3 Å². The average Bonchev–Trinajstić information content (AvgIpc) is 2.41. The zero-order valence-electron chi connectivity index (χ0n) is 10.5. The van der Waals surface area contributed by atoms with Crippen LogP contribution in [0.5, 0.6) is 0 Å². The molecule has 0 unspecified atom stereocenters. The lowest BCUT2D eigenvalue weighted by molar-refractivity contribution is 0.0691. The van der Waals surface area contributed by atoms with Gasteiger partial charge in [-0.05, 0) is 24.6 Å². The first-order valence-corrected chi connectivity index (χ1v) is 5.95. The largest absolute Gasteiger partial charge is 0.476 e. The lowest BCUT2D eigenvalue weighted by atomic mass is 10.1. The molecule has 8 heteroatoms. The molecule has 1 aromatic carbocycles. The highest BCUT2D eigenvalue weighted by Gasteiger charge is 2.24. The molecule has 0 saturated carbocycles. The summed E-state index contributed by atoms with van der Waals surface area (Å²) in [5.41, 5.74) is 2.66. The molecule has 2 aromatic rings. The van der Waals surface area contributed by atoms with E-state index in [9.17, 15) is 18.0 Å². The zero-order chi connectivity index (χ0) is 15.9. The number of carboxylic acid groups (broad SMARTS) is 1. The number of aromatic nitrogens is 1. The SMILES string of the molecule is Cc1cc(F)c(-c2nc(C(=O)O)c(Cl)c(N)c2F)cc1F. The van der Waals surface area contributed by atoms with E-state index in [1.54, 1.807) is 0 Å². The van der Waals surface area contributed by atoms with Crippen molar-refractivity contribution in [1.29, 1.82) is 0 Å². The molecule has 0 aliphatic heterocycles. The smallest absolute Gasteiger partial charge is 0.356 e. The Hall–Kier alpha value is -2.28. The van der Waals surface area contributed by atoms with Crippen LogP contribution in [0.2, 0.25) is 5.02 Å². The van der Waals surface area contributed by atoms with Gasteiger partial charge in [-0.3, -0.25) is 0 Å². The molecule has 21 heavy (non-hydrogen) atoms. The molecule has 0 bridgehead atoms. The van der Waals surface area contributed by atoms with Crippen molar-refractivity contribution in [3.8, 4) is 11.3 Å². The average molecular weight is 317 g/mol. The Morgan fingerprint density at radius 2 is 1.90 bits per heavy atom. The number of aromatic carboxylic acids is 1. The number of halogens is 4. The highest BCUT2D eigenvalue weighted by Crippen LogP contribution is 2.33. The van der Waals surface area contributed by atoms with Gasteiger partial charge in [-0.25, -0.2) is 22.9 Å². The summed E-state index contributed by atoms with van der Waals surface area (Å²) in [6, 6.07) is 1.56. The van der Waals surface area contributed by atoms with E-state index in [4.69, 9.17) is 22.4 Å². The van der Waals surface area contributed by atoms with E-state index in [1.807, 2.05) is 0 Å². The molecule has 0 amide bonds. The van der Waals surface area contributed by atoms with E-state index >= 15 is 0 Å². The van der Waals surface area contributed by atoms with Gasteiger partial charge in [0.15, 0.2) is 11.5 Å². The Bertz CT molecular complexity index is 766. The molecule has 110 valence electrons. The van der Waals surface area contributed by atoms with Crippen LogP contribution >= 0.6 is 11.6 Å². The fourth-order valence-corrected chi connectivity index (χ4v) is 1.92. The number of benzene rings is 1. The minimum atomic E-state index is -1.57. The van der Waals surface area contributed by atoms with Gasteiger partial charge < -0.3 is 10.8 Å². The second kappa shape index (κ2) is 5.25. The fourth-order valence-electron chi connectivity index (χ4n) is 1.71. The first kappa shape index (κ1) is 15.1. The van der Waals surface area contributed by atoms with Crippen LogP contribution in [0.3, 0.4) is 0 Å². The summed E-state index contributed by atoms with van der Waals surface area (Å²) in [4.78, 5) is 14.4.